The highest BCUT2D eigenvalue weighted by molar-refractivity contribution is 5.68. The summed E-state index contributed by atoms with van der Waals surface area (Å²) in [4.78, 5) is 10.3. The summed E-state index contributed by atoms with van der Waals surface area (Å²) in [5, 5.41) is 7.39. The van der Waals surface area contributed by atoms with Gasteiger partial charge in [0.2, 0.25) is 5.82 Å². The Labute approximate surface area is 70.6 Å². The van der Waals surface area contributed by atoms with Gasteiger partial charge in [-0.1, -0.05) is 13.3 Å². The molecule has 1 heterocycles. The van der Waals surface area contributed by atoms with Gasteiger partial charge in [-0.05, 0) is 6.42 Å². The summed E-state index contributed by atoms with van der Waals surface area (Å²) in [6.45, 7) is 2.08. The first-order chi connectivity index (χ1) is 5.79. The molecular weight excluding hydrogens is 156 g/mol. The van der Waals surface area contributed by atoms with E-state index in [0.29, 0.717) is 12.1 Å². The highest BCUT2D eigenvalue weighted by Crippen LogP contribution is 2.00. The minimum absolute atomic E-state index is 0.182. The zero-order chi connectivity index (χ0) is 8.97. The van der Waals surface area contributed by atoms with Gasteiger partial charge in [0.05, 0.1) is 0 Å². The number of nitrogens with two attached hydrogens (primary N) is 1. The lowest BCUT2D eigenvalue weighted by Gasteiger charge is -1.98. The van der Waals surface area contributed by atoms with Gasteiger partial charge in [-0.25, -0.2) is 4.68 Å². The zero-order valence-corrected chi connectivity index (χ0v) is 7.03. The molecule has 5 heteroatoms. The van der Waals surface area contributed by atoms with Crippen LogP contribution in [0.15, 0.2) is 0 Å². The molecule has 2 N–H and O–H groups in total. The van der Waals surface area contributed by atoms with Gasteiger partial charge in [-0.3, -0.25) is 4.79 Å². The van der Waals surface area contributed by atoms with E-state index in [9.17, 15) is 4.79 Å². The minimum atomic E-state index is 0.182. The predicted molar refractivity (Wildman–Crippen MR) is 44.2 cm³/mol. The van der Waals surface area contributed by atoms with E-state index in [2.05, 4.69) is 17.1 Å². The second-order valence-electron chi connectivity index (χ2n) is 2.57. The fourth-order valence-corrected chi connectivity index (χ4v) is 0.923. The van der Waals surface area contributed by atoms with E-state index in [-0.39, 0.29) is 5.82 Å². The molecule has 0 aliphatic carbocycles. The van der Waals surface area contributed by atoms with Crippen molar-refractivity contribution in [2.24, 2.45) is 0 Å². The van der Waals surface area contributed by atoms with Crippen LogP contribution in [0, 0.1) is 0 Å². The fraction of sp³-hybridized carbons (Fsp3) is 0.571. The number of hydrogen-bond acceptors (Lipinski definition) is 4. The summed E-state index contributed by atoms with van der Waals surface area (Å²) >= 11 is 0. The highest BCUT2D eigenvalue weighted by Gasteiger charge is 2.06. The number of rotatable bonds is 4. The van der Waals surface area contributed by atoms with Gasteiger partial charge in [-0.2, -0.15) is 0 Å². The number of aromatic nitrogens is 3. The summed E-state index contributed by atoms with van der Waals surface area (Å²) in [5.74, 6) is 6.36. The zero-order valence-electron chi connectivity index (χ0n) is 7.03. The fourth-order valence-electron chi connectivity index (χ4n) is 0.923. The number of aldehydes is 1. The first-order valence-electron chi connectivity index (χ1n) is 3.94. The molecule has 12 heavy (non-hydrogen) atoms. The van der Waals surface area contributed by atoms with Gasteiger partial charge in [-0.15, -0.1) is 10.2 Å². The van der Waals surface area contributed by atoms with Crippen LogP contribution < -0.4 is 5.84 Å². The van der Waals surface area contributed by atoms with E-state index in [4.69, 9.17) is 5.84 Å². The molecule has 0 aliphatic heterocycles. The number of nitrogens with zero attached hydrogens (tertiary/aromatic N) is 3. The summed E-state index contributed by atoms with van der Waals surface area (Å²) in [5.41, 5.74) is 0. The molecular formula is C7H12N4O. The topological polar surface area (TPSA) is 73.8 Å². The Morgan fingerprint density at radius 2 is 2.33 bits per heavy atom. The maximum atomic E-state index is 10.3. The number of hydrogen-bond donors (Lipinski definition) is 1. The molecule has 0 atom stereocenters. The van der Waals surface area contributed by atoms with Crippen molar-refractivity contribution < 1.29 is 4.79 Å². The van der Waals surface area contributed by atoms with Gasteiger partial charge in [0.25, 0.3) is 0 Å². The van der Waals surface area contributed by atoms with Crippen molar-refractivity contribution in [2.75, 3.05) is 5.84 Å². The van der Waals surface area contributed by atoms with Gasteiger partial charge < -0.3 is 5.84 Å². The van der Waals surface area contributed by atoms with Crippen molar-refractivity contribution in [3.8, 4) is 0 Å². The van der Waals surface area contributed by atoms with Crippen molar-refractivity contribution in [3.05, 3.63) is 11.6 Å². The molecule has 5 nitrogen and oxygen atoms in total. The molecule has 0 saturated heterocycles. The maximum Gasteiger partial charge on any atom is 0.215 e. The SMILES string of the molecule is CCCCc1nnc(C=O)n1N. The molecule has 0 aromatic carbocycles. The average Bonchev–Trinajstić information content (AvgIpc) is 2.43. The predicted octanol–water partition coefficient (Wildman–Crippen LogP) is 0.147. The quantitative estimate of drug-likeness (QED) is 0.513. The maximum absolute atomic E-state index is 10.3. The van der Waals surface area contributed by atoms with Gasteiger partial charge in [0.15, 0.2) is 12.1 Å². The van der Waals surface area contributed by atoms with Crippen molar-refractivity contribution in [1.82, 2.24) is 14.9 Å². The van der Waals surface area contributed by atoms with Crippen LogP contribution in [0.25, 0.3) is 0 Å². The van der Waals surface area contributed by atoms with Gasteiger partial charge >= 0.3 is 0 Å². The number of nitrogen functional groups attached to an aromatic ring is 1. The molecule has 0 unspecified atom stereocenters. The molecule has 0 fully saturated rings. The molecule has 0 aliphatic rings. The van der Waals surface area contributed by atoms with Crippen LogP contribution in [0.1, 0.15) is 36.2 Å². The molecule has 0 spiro atoms. The Bertz CT molecular complexity index is 268. The van der Waals surface area contributed by atoms with Crippen LogP contribution in [0.5, 0.6) is 0 Å². The number of aryl methyl sites for hydroxylation is 1. The molecule has 66 valence electrons. The lowest BCUT2D eigenvalue weighted by molar-refractivity contribution is 0.111. The second-order valence-corrected chi connectivity index (χ2v) is 2.57. The van der Waals surface area contributed by atoms with Crippen LogP contribution in [0.3, 0.4) is 0 Å². The largest absolute Gasteiger partial charge is 0.336 e. The van der Waals surface area contributed by atoms with E-state index in [1.54, 1.807) is 0 Å². The van der Waals surface area contributed by atoms with E-state index in [1.165, 1.54) is 4.68 Å². The van der Waals surface area contributed by atoms with Gasteiger partial charge in [0, 0.05) is 6.42 Å². The smallest absolute Gasteiger partial charge is 0.215 e. The average molecular weight is 168 g/mol. The summed E-state index contributed by atoms with van der Waals surface area (Å²) in [6, 6.07) is 0. The Hall–Kier alpha value is -1.39. The van der Waals surface area contributed by atoms with Crippen LogP contribution in [-0.2, 0) is 6.42 Å². The molecule has 0 amide bonds. The summed E-state index contributed by atoms with van der Waals surface area (Å²) < 4.78 is 1.24. The lowest BCUT2D eigenvalue weighted by atomic mass is 10.2. The van der Waals surface area contributed by atoms with Crippen LogP contribution in [0.2, 0.25) is 0 Å². The first-order valence-corrected chi connectivity index (χ1v) is 3.94. The number of unbranched alkanes of at least 4 members (excludes halogenated alkanes) is 1. The Morgan fingerprint density at radius 1 is 1.58 bits per heavy atom. The lowest BCUT2D eigenvalue weighted by Crippen LogP contribution is -2.15. The molecule has 1 rings (SSSR count). The third kappa shape index (κ3) is 1.61. The molecule has 0 bridgehead atoms. The Kier molecular flexibility index (Phi) is 2.79. The monoisotopic (exact) mass is 168 g/mol. The van der Waals surface area contributed by atoms with E-state index < -0.39 is 0 Å². The van der Waals surface area contributed by atoms with E-state index in [1.807, 2.05) is 0 Å². The third-order valence-electron chi connectivity index (χ3n) is 1.65. The molecule has 1 aromatic heterocycles. The van der Waals surface area contributed by atoms with Crippen molar-refractivity contribution in [1.29, 1.82) is 0 Å². The molecule has 0 saturated carbocycles. The van der Waals surface area contributed by atoms with Crippen LogP contribution in [0.4, 0.5) is 0 Å². The summed E-state index contributed by atoms with van der Waals surface area (Å²) in [6.07, 6.45) is 3.45. The second kappa shape index (κ2) is 3.85. The standard InChI is InChI=1S/C7H12N4O/c1-2-3-4-6-9-10-7(5-12)11(6)8/h5H,2-4,8H2,1H3. The van der Waals surface area contributed by atoms with Gasteiger partial charge in [0.1, 0.15) is 0 Å². The molecule has 0 radical (unpaired) electrons. The van der Waals surface area contributed by atoms with E-state index >= 15 is 0 Å². The Balaban J connectivity index is 2.72. The van der Waals surface area contributed by atoms with Crippen molar-refractivity contribution in [3.63, 3.8) is 0 Å². The minimum Gasteiger partial charge on any atom is -0.336 e. The number of carbonyl (C=O) groups excluding carboxylic acids is 1. The van der Waals surface area contributed by atoms with E-state index in [0.717, 1.165) is 19.3 Å². The third-order valence-corrected chi connectivity index (χ3v) is 1.65. The highest BCUT2D eigenvalue weighted by atomic mass is 16.1. The number of carbonyl (C=O) groups is 1. The normalized spacial score (nSPS) is 10.1. The molecule has 1 aromatic rings. The summed E-state index contributed by atoms with van der Waals surface area (Å²) in [7, 11) is 0. The van der Waals surface area contributed by atoms with Crippen molar-refractivity contribution >= 4 is 6.29 Å². The van der Waals surface area contributed by atoms with Crippen molar-refractivity contribution in [2.45, 2.75) is 26.2 Å². The van der Waals surface area contributed by atoms with Crippen LogP contribution >= 0.6 is 0 Å². The Morgan fingerprint density at radius 3 is 2.83 bits per heavy atom. The first kappa shape index (κ1) is 8.70. The van der Waals surface area contributed by atoms with Crippen LogP contribution in [-0.4, -0.2) is 21.2 Å².